The molecule has 0 saturated heterocycles. The van der Waals surface area contributed by atoms with Gasteiger partial charge in [-0.2, -0.15) is 13.8 Å². The van der Waals surface area contributed by atoms with E-state index in [2.05, 4.69) is 14.9 Å². The number of methoxy groups -OCH3 is 1. The third-order valence-electron chi connectivity index (χ3n) is 5.23. The molecule has 0 radical (unpaired) electrons. The second-order valence-corrected chi connectivity index (χ2v) is 7.64. The smallest absolute Gasteiger partial charge is 0.387 e. The predicted molar refractivity (Wildman–Crippen MR) is 111 cm³/mol. The number of carbonyl (C=O) groups is 1. The molecule has 174 valence electrons. The SMILES string of the molecule is COc1cc(CN(C(=O)CCc2nc(-c3ccc(F)cc3)no2)C2CC2)ccc1OC(F)F. The average Bonchev–Trinajstić information content (AvgIpc) is 3.53. The predicted octanol–water partition coefficient (Wildman–Crippen LogP) is 4.61. The summed E-state index contributed by atoms with van der Waals surface area (Å²) in [6.07, 6.45) is 2.25. The van der Waals surface area contributed by atoms with Gasteiger partial charge in [-0.05, 0) is 54.8 Å². The Kier molecular flexibility index (Phi) is 6.81. The summed E-state index contributed by atoms with van der Waals surface area (Å²) in [7, 11) is 1.37. The first-order valence-corrected chi connectivity index (χ1v) is 10.4. The van der Waals surface area contributed by atoms with Gasteiger partial charge in [-0.15, -0.1) is 0 Å². The molecule has 1 aliphatic rings. The van der Waals surface area contributed by atoms with Crippen LogP contribution < -0.4 is 9.47 Å². The number of aromatic nitrogens is 2. The van der Waals surface area contributed by atoms with Gasteiger partial charge in [0.15, 0.2) is 11.5 Å². The van der Waals surface area contributed by atoms with Crippen molar-refractivity contribution in [3.8, 4) is 22.9 Å². The summed E-state index contributed by atoms with van der Waals surface area (Å²) >= 11 is 0. The zero-order chi connectivity index (χ0) is 23.4. The van der Waals surface area contributed by atoms with Crippen molar-refractivity contribution in [3.63, 3.8) is 0 Å². The van der Waals surface area contributed by atoms with Crippen molar-refractivity contribution in [2.24, 2.45) is 0 Å². The third kappa shape index (κ3) is 5.82. The van der Waals surface area contributed by atoms with E-state index in [1.807, 2.05) is 0 Å². The third-order valence-corrected chi connectivity index (χ3v) is 5.23. The highest BCUT2D eigenvalue weighted by Crippen LogP contribution is 2.33. The van der Waals surface area contributed by atoms with Gasteiger partial charge in [-0.1, -0.05) is 11.2 Å². The summed E-state index contributed by atoms with van der Waals surface area (Å²) in [5, 5.41) is 3.89. The molecule has 2 aromatic carbocycles. The first kappa shape index (κ1) is 22.6. The van der Waals surface area contributed by atoms with E-state index in [9.17, 15) is 18.0 Å². The second kappa shape index (κ2) is 9.93. The van der Waals surface area contributed by atoms with Crippen LogP contribution in [0.15, 0.2) is 47.0 Å². The molecule has 0 atom stereocenters. The highest BCUT2D eigenvalue weighted by Gasteiger charge is 2.32. The lowest BCUT2D eigenvalue weighted by molar-refractivity contribution is -0.132. The molecule has 3 aromatic rings. The molecule has 0 aliphatic heterocycles. The van der Waals surface area contributed by atoms with Crippen LogP contribution >= 0.6 is 0 Å². The Hall–Kier alpha value is -3.56. The summed E-state index contributed by atoms with van der Waals surface area (Å²) in [6.45, 7) is -2.64. The van der Waals surface area contributed by atoms with Crippen molar-refractivity contribution >= 4 is 5.91 Å². The maximum atomic E-state index is 13.1. The fourth-order valence-electron chi connectivity index (χ4n) is 3.44. The molecule has 0 N–H and O–H groups in total. The summed E-state index contributed by atoms with van der Waals surface area (Å²) in [6, 6.07) is 10.5. The Morgan fingerprint density at radius 1 is 1.18 bits per heavy atom. The standard InChI is InChI=1S/C23H22F3N3O4/c1-31-19-12-14(2-9-18(19)32-23(25)26)13-29(17-7-8-17)21(30)11-10-20-27-22(28-33-20)15-3-5-16(24)6-4-15/h2-6,9,12,17,23H,7-8,10-11,13H2,1H3. The molecular weight excluding hydrogens is 439 g/mol. The molecule has 1 saturated carbocycles. The number of alkyl halides is 2. The van der Waals surface area contributed by atoms with Gasteiger partial charge in [0.2, 0.25) is 17.6 Å². The van der Waals surface area contributed by atoms with Gasteiger partial charge in [0.1, 0.15) is 5.82 Å². The van der Waals surface area contributed by atoms with Crippen LogP contribution in [0.1, 0.15) is 30.7 Å². The van der Waals surface area contributed by atoms with Gasteiger partial charge in [-0.3, -0.25) is 4.79 Å². The molecular formula is C23H22F3N3O4. The van der Waals surface area contributed by atoms with Gasteiger partial charge >= 0.3 is 6.61 Å². The lowest BCUT2D eigenvalue weighted by Crippen LogP contribution is -2.32. The molecule has 10 heteroatoms. The number of ether oxygens (including phenoxy) is 2. The molecule has 0 bridgehead atoms. The molecule has 0 unspecified atom stereocenters. The first-order chi connectivity index (χ1) is 15.9. The highest BCUT2D eigenvalue weighted by atomic mass is 19.3. The summed E-state index contributed by atoms with van der Waals surface area (Å²) in [5.74, 6) is 0.320. The Morgan fingerprint density at radius 2 is 1.94 bits per heavy atom. The van der Waals surface area contributed by atoms with Gasteiger partial charge in [0.05, 0.1) is 7.11 Å². The molecule has 33 heavy (non-hydrogen) atoms. The van der Waals surface area contributed by atoms with E-state index in [-0.39, 0.29) is 42.1 Å². The van der Waals surface area contributed by atoms with Crippen molar-refractivity contribution < 1.29 is 32.0 Å². The van der Waals surface area contributed by atoms with E-state index < -0.39 is 6.61 Å². The van der Waals surface area contributed by atoms with E-state index in [4.69, 9.17) is 9.26 Å². The number of aryl methyl sites for hydroxylation is 1. The van der Waals surface area contributed by atoms with Crippen LogP contribution in [-0.2, 0) is 17.8 Å². The number of nitrogens with zero attached hydrogens (tertiary/aromatic N) is 3. The fraction of sp³-hybridized carbons (Fsp3) is 0.348. The minimum absolute atomic E-state index is 0.0612. The zero-order valence-corrected chi connectivity index (χ0v) is 17.8. The number of hydrogen-bond donors (Lipinski definition) is 0. The highest BCUT2D eigenvalue weighted by molar-refractivity contribution is 5.77. The molecule has 1 aromatic heterocycles. The average molecular weight is 461 g/mol. The second-order valence-electron chi connectivity index (χ2n) is 7.64. The van der Waals surface area contributed by atoms with Gasteiger partial charge in [0.25, 0.3) is 0 Å². The number of rotatable bonds is 10. The van der Waals surface area contributed by atoms with Crippen LogP contribution in [0.4, 0.5) is 13.2 Å². The number of hydrogen-bond acceptors (Lipinski definition) is 6. The van der Waals surface area contributed by atoms with Gasteiger partial charge < -0.3 is 18.9 Å². The summed E-state index contributed by atoms with van der Waals surface area (Å²) < 4.78 is 53.0. The Bertz CT molecular complexity index is 1100. The Balaban J connectivity index is 1.39. The fourth-order valence-corrected chi connectivity index (χ4v) is 3.44. The van der Waals surface area contributed by atoms with E-state index in [1.165, 1.54) is 25.3 Å². The maximum Gasteiger partial charge on any atom is 0.387 e. The summed E-state index contributed by atoms with van der Waals surface area (Å²) in [5.41, 5.74) is 1.36. The quantitative estimate of drug-likeness (QED) is 0.439. The molecule has 1 heterocycles. The van der Waals surface area contributed by atoms with Crippen LogP contribution in [0.5, 0.6) is 11.5 Å². The molecule has 0 spiro atoms. The zero-order valence-electron chi connectivity index (χ0n) is 17.8. The Labute approximate surface area is 188 Å². The molecule has 1 fully saturated rings. The van der Waals surface area contributed by atoms with Crippen LogP contribution in [0.3, 0.4) is 0 Å². The van der Waals surface area contributed by atoms with E-state index in [1.54, 1.807) is 29.2 Å². The Morgan fingerprint density at radius 3 is 2.61 bits per heavy atom. The topological polar surface area (TPSA) is 77.7 Å². The normalized spacial score (nSPS) is 13.2. The van der Waals surface area contributed by atoms with Gasteiger partial charge in [-0.25, -0.2) is 4.39 Å². The molecule has 7 nitrogen and oxygen atoms in total. The van der Waals surface area contributed by atoms with Gasteiger partial charge in [0, 0.05) is 31.0 Å². The van der Waals surface area contributed by atoms with Crippen molar-refractivity contribution in [2.45, 2.75) is 44.9 Å². The van der Waals surface area contributed by atoms with Crippen LogP contribution in [0, 0.1) is 5.82 Å². The largest absolute Gasteiger partial charge is 0.493 e. The lowest BCUT2D eigenvalue weighted by Gasteiger charge is -2.23. The monoisotopic (exact) mass is 461 g/mol. The van der Waals surface area contributed by atoms with Crippen LogP contribution in [-0.4, -0.2) is 40.7 Å². The maximum absolute atomic E-state index is 13.1. The van der Waals surface area contributed by atoms with Crippen LogP contribution in [0.2, 0.25) is 0 Å². The first-order valence-electron chi connectivity index (χ1n) is 10.4. The molecule has 4 rings (SSSR count). The number of carbonyl (C=O) groups excluding carboxylic acids is 1. The minimum atomic E-state index is -2.96. The summed E-state index contributed by atoms with van der Waals surface area (Å²) in [4.78, 5) is 19.0. The van der Waals surface area contributed by atoms with Crippen molar-refractivity contribution in [3.05, 3.63) is 59.7 Å². The van der Waals surface area contributed by atoms with Crippen molar-refractivity contribution in [1.29, 1.82) is 0 Å². The van der Waals surface area contributed by atoms with E-state index in [0.717, 1.165) is 18.4 Å². The van der Waals surface area contributed by atoms with E-state index >= 15 is 0 Å². The number of amides is 1. The number of halogens is 3. The van der Waals surface area contributed by atoms with E-state index in [0.29, 0.717) is 23.8 Å². The van der Waals surface area contributed by atoms with Crippen molar-refractivity contribution in [2.75, 3.05) is 7.11 Å². The molecule has 1 amide bonds. The molecule has 1 aliphatic carbocycles. The van der Waals surface area contributed by atoms with Crippen LogP contribution in [0.25, 0.3) is 11.4 Å². The lowest BCUT2D eigenvalue weighted by atomic mass is 10.1. The van der Waals surface area contributed by atoms with Crippen molar-refractivity contribution in [1.82, 2.24) is 15.0 Å². The minimum Gasteiger partial charge on any atom is -0.493 e. The number of benzene rings is 2.